The monoisotopic (exact) mass is 396 g/mol. The van der Waals surface area contributed by atoms with Crippen molar-refractivity contribution in [1.82, 2.24) is 4.57 Å². The van der Waals surface area contributed by atoms with Crippen LogP contribution in [0.3, 0.4) is 0 Å². The van der Waals surface area contributed by atoms with Gasteiger partial charge in [-0.1, -0.05) is 0 Å². The lowest BCUT2D eigenvalue weighted by Crippen LogP contribution is -2.22. The molecule has 0 fully saturated rings. The molecule has 0 saturated heterocycles. The average molecular weight is 396 g/mol. The third kappa shape index (κ3) is 4.45. The number of esters is 1. The third-order valence-electron chi connectivity index (χ3n) is 4.42. The van der Waals surface area contributed by atoms with E-state index in [4.69, 9.17) is 4.74 Å². The van der Waals surface area contributed by atoms with E-state index in [2.05, 4.69) is 0 Å². The number of aliphatic carboxylic acids is 1. The first-order valence-electron chi connectivity index (χ1n) is 9.07. The smallest absolute Gasteiger partial charge is 0.341 e. The molecular formula is C22H19FNO5-. The molecule has 29 heavy (non-hydrogen) atoms. The summed E-state index contributed by atoms with van der Waals surface area (Å²) in [5, 5.41) is 21.2. The van der Waals surface area contributed by atoms with Gasteiger partial charge in [0.15, 0.2) is 0 Å². The second-order valence-corrected chi connectivity index (χ2v) is 6.35. The number of carbonyl (C=O) groups is 2. The fraction of sp³-hybridized carbons (Fsp3) is 0.182. The lowest BCUT2D eigenvalue weighted by Gasteiger charge is -2.16. The van der Waals surface area contributed by atoms with Crippen LogP contribution in [0.2, 0.25) is 0 Å². The lowest BCUT2D eigenvalue weighted by atomic mass is 10.1. The number of carboxylic acid groups (broad SMARTS) is 1. The van der Waals surface area contributed by atoms with Gasteiger partial charge in [0, 0.05) is 23.4 Å². The Kier molecular flexibility index (Phi) is 5.97. The molecule has 0 aliphatic rings. The van der Waals surface area contributed by atoms with Crippen LogP contribution >= 0.6 is 0 Å². The fourth-order valence-electron chi connectivity index (χ4n) is 3.10. The zero-order valence-electron chi connectivity index (χ0n) is 15.7. The molecule has 1 N–H and O–H groups in total. The van der Waals surface area contributed by atoms with Gasteiger partial charge in [-0.3, -0.25) is 0 Å². The third-order valence-corrected chi connectivity index (χ3v) is 4.42. The Hall–Kier alpha value is -3.61. The van der Waals surface area contributed by atoms with Crippen LogP contribution in [0.25, 0.3) is 16.9 Å². The first kappa shape index (κ1) is 20.1. The molecule has 0 aliphatic heterocycles. The van der Waals surface area contributed by atoms with Crippen molar-refractivity contribution in [2.45, 2.75) is 19.8 Å². The molecule has 0 unspecified atom stereocenters. The first-order valence-corrected chi connectivity index (χ1v) is 9.07. The SMILES string of the molecule is CCOC(=O)c1ccc(-n2c(CCC(=O)[O-])ccc2-c2ccc(F)cc2)cc1O. The Labute approximate surface area is 166 Å². The standard InChI is InChI=1S/C22H20FNO5/c1-2-29-22(28)18-10-7-17(13-20(18)25)24-16(9-12-21(26)27)8-11-19(24)14-3-5-15(23)6-4-14/h3-8,10-11,13,25H,2,9,12H2,1H3,(H,26,27)/p-1. The van der Waals surface area contributed by atoms with E-state index in [9.17, 15) is 24.2 Å². The average Bonchev–Trinajstić information content (AvgIpc) is 3.11. The van der Waals surface area contributed by atoms with E-state index in [1.54, 1.807) is 41.8 Å². The number of phenols is 1. The topological polar surface area (TPSA) is 91.6 Å². The Morgan fingerprint density at radius 1 is 1.10 bits per heavy atom. The van der Waals surface area contributed by atoms with Crippen LogP contribution in [0.1, 0.15) is 29.4 Å². The molecule has 0 spiro atoms. The molecule has 1 aromatic heterocycles. The molecule has 0 bridgehead atoms. The van der Waals surface area contributed by atoms with Crippen molar-refractivity contribution in [3.63, 3.8) is 0 Å². The molecule has 6 nitrogen and oxygen atoms in total. The van der Waals surface area contributed by atoms with Crippen LogP contribution in [0, 0.1) is 5.82 Å². The Balaban J connectivity index is 2.09. The number of ether oxygens (including phenoxy) is 1. The summed E-state index contributed by atoms with van der Waals surface area (Å²) in [5.41, 5.74) is 2.61. The molecule has 150 valence electrons. The number of carboxylic acids is 1. The van der Waals surface area contributed by atoms with Gasteiger partial charge >= 0.3 is 5.97 Å². The Morgan fingerprint density at radius 2 is 1.83 bits per heavy atom. The molecule has 0 saturated carbocycles. The number of nitrogens with zero attached hydrogens (tertiary/aromatic N) is 1. The number of phenolic OH excluding ortho intramolecular Hbond substituents is 1. The summed E-state index contributed by atoms with van der Waals surface area (Å²) in [5.74, 6) is -2.45. The van der Waals surface area contributed by atoms with Crippen molar-refractivity contribution in [1.29, 1.82) is 0 Å². The van der Waals surface area contributed by atoms with Crippen LogP contribution in [-0.2, 0) is 16.0 Å². The van der Waals surface area contributed by atoms with E-state index in [1.165, 1.54) is 24.3 Å². The maximum atomic E-state index is 13.3. The fourth-order valence-corrected chi connectivity index (χ4v) is 3.10. The van der Waals surface area contributed by atoms with Crippen LogP contribution in [0.5, 0.6) is 5.75 Å². The number of benzene rings is 2. The van der Waals surface area contributed by atoms with Gasteiger partial charge in [-0.25, -0.2) is 9.18 Å². The number of hydrogen-bond donors (Lipinski definition) is 1. The van der Waals surface area contributed by atoms with E-state index < -0.39 is 11.9 Å². The maximum Gasteiger partial charge on any atom is 0.341 e. The van der Waals surface area contributed by atoms with Crippen LogP contribution in [0.4, 0.5) is 4.39 Å². The predicted molar refractivity (Wildman–Crippen MR) is 102 cm³/mol. The van der Waals surface area contributed by atoms with E-state index in [0.29, 0.717) is 22.6 Å². The van der Waals surface area contributed by atoms with E-state index in [0.717, 1.165) is 0 Å². The zero-order valence-corrected chi connectivity index (χ0v) is 15.7. The van der Waals surface area contributed by atoms with Gasteiger partial charge in [0.25, 0.3) is 0 Å². The zero-order chi connectivity index (χ0) is 21.0. The molecule has 0 amide bonds. The minimum atomic E-state index is -1.18. The van der Waals surface area contributed by atoms with E-state index in [-0.39, 0.29) is 36.6 Å². The number of aromatic hydroxyl groups is 1. The van der Waals surface area contributed by atoms with Crippen molar-refractivity contribution in [3.8, 4) is 22.7 Å². The molecule has 2 aromatic carbocycles. The minimum Gasteiger partial charge on any atom is -0.550 e. The molecule has 1 heterocycles. The number of aryl methyl sites for hydroxylation is 1. The van der Waals surface area contributed by atoms with E-state index in [1.807, 2.05) is 0 Å². The molecule has 0 aliphatic carbocycles. The van der Waals surface area contributed by atoms with Crippen molar-refractivity contribution >= 4 is 11.9 Å². The van der Waals surface area contributed by atoms with Gasteiger partial charge in [0.05, 0.1) is 12.3 Å². The van der Waals surface area contributed by atoms with Gasteiger partial charge in [-0.2, -0.15) is 0 Å². The Morgan fingerprint density at radius 3 is 2.45 bits per heavy atom. The Bertz CT molecular complexity index is 1040. The summed E-state index contributed by atoms with van der Waals surface area (Å²) in [6.07, 6.45) is 0.0175. The molecule has 3 rings (SSSR count). The van der Waals surface area contributed by atoms with Gasteiger partial charge in [0.2, 0.25) is 0 Å². The first-order chi connectivity index (χ1) is 13.9. The lowest BCUT2D eigenvalue weighted by molar-refractivity contribution is -0.305. The minimum absolute atomic E-state index is 0.0300. The largest absolute Gasteiger partial charge is 0.550 e. The molecule has 7 heteroatoms. The van der Waals surface area contributed by atoms with Crippen LogP contribution in [-0.4, -0.2) is 28.2 Å². The molecule has 3 aromatic rings. The van der Waals surface area contributed by atoms with Crippen LogP contribution < -0.4 is 5.11 Å². The second-order valence-electron chi connectivity index (χ2n) is 6.35. The summed E-state index contributed by atoms with van der Waals surface area (Å²) < 4.78 is 20.0. The van der Waals surface area contributed by atoms with Gasteiger partial charge < -0.3 is 24.3 Å². The maximum absolute atomic E-state index is 13.3. The highest BCUT2D eigenvalue weighted by molar-refractivity contribution is 5.92. The quantitative estimate of drug-likeness (QED) is 0.620. The highest BCUT2D eigenvalue weighted by Crippen LogP contribution is 2.30. The number of halogens is 1. The number of rotatable bonds is 7. The number of aromatic nitrogens is 1. The summed E-state index contributed by atoms with van der Waals surface area (Å²) in [6, 6.07) is 13.9. The van der Waals surface area contributed by atoms with Gasteiger partial charge in [0.1, 0.15) is 17.1 Å². The van der Waals surface area contributed by atoms with Crippen LogP contribution in [0.15, 0.2) is 54.6 Å². The number of hydrogen-bond acceptors (Lipinski definition) is 5. The highest BCUT2D eigenvalue weighted by atomic mass is 19.1. The summed E-state index contributed by atoms with van der Waals surface area (Å²) in [6.45, 7) is 1.85. The summed E-state index contributed by atoms with van der Waals surface area (Å²) >= 11 is 0. The van der Waals surface area contributed by atoms with Crippen molar-refractivity contribution in [2.24, 2.45) is 0 Å². The normalized spacial score (nSPS) is 10.7. The highest BCUT2D eigenvalue weighted by Gasteiger charge is 2.17. The van der Waals surface area contributed by atoms with Crippen molar-refractivity contribution in [2.75, 3.05) is 6.61 Å². The van der Waals surface area contributed by atoms with Gasteiger partial charge in [-0.05, 0) is 73.9 Å². The van der Waals surface area contributed by atoms with Crippen molar-refractivity contribution < 1.29 is 28.9 Å². The van der Waals surface area contributed by atoms with Gasteiger partial charge in [-0.15, -0.1) is 0 Å². The predicted octanol–water partition coefficient (Wildman–Crippen LogP) is 2.85. The molecule has 0 atom stereocenters. The number of carbonyl (C=O) groups excluding carboxylic acids is 2. The van der Waals surface area contributed by atoms with Crippen molar-refractivity contribution in [3.05, 3.63) is 71.7 Å². The summed E-state index contributed by atoms with van der Waals surface area (Å²) in [4.78, 5) is 22.8. The van der Waals surface area contributed by atoms with E-state index >= 15 is 0 Å². The summed E-state index contributed by atoms with van der Waals surface area (Å²) in [7, 11) is 0. The molecule has 0 radical (unpaired) electrons. The molecular weight excluding hydrogens is 377 g/mol. The second kappa shape index (κ2) is 8.60.